The predicted molar refractivity (Wildman–Crippen MR) is 258 cm³/mol. The first-order chi connectivity index (χ1) is 33.9. The van der Waals surface area contributed by atoms with Crippen LogP contribution in [0.3, 0.4) is 0 Å². The van der Waals surface area contributed by atoms with Crippen molar-refractivity contribution in [2.24, 2.45) is 40.9 Å². The van der Waals surface area contributed by atoms with Crippen LogP contribution in [0.4, 0.5) is 0 Å². The van der Waals surface area contributed by atoms with E-state index in [0.717, 1.165) is 4.90 Å². The molecule has 2 aliphatic rings. The molecule has 25 heteroatoms. The fourth-order valence-electron chi connectivity index (χ4n) is 8.01. The third-order valence-corrected chi connectivity index (χ3v) is 12.6. The minimum absolute atomic E-state index is 0.00308. The van der Waals surface area contributed by atoms with Crippen LogP contribution >= 0.6 is 0 Å². The molecule has 15 N–H and O–H groups in total. The average molecular weight is 1010 g/mol. The number of nitrogens with two attached hydrogens (primary N) is 3. The van der Waals surface area contributed by atoms with Crippen LogP contribution in [0, 0.1) is 23.7 Å². The molecule has 398 valence electrons. The Bertz CT molecular complexity index is 2160. The Balaban J connectivity index is 1.94. The van der Waals surface area contributed by atoms with Crippen molar-refractivity contribution in [2.45, 2.75) is 128 Å². The molecule has 0 spiro atoms. The second-order valence-corrected chi connectivity index (χ2v) is 19.1. The van der Waals surface area contributed by atoms with Gasteiger partial charge in [-0.3, -0.25) is 52.7 Å². The number of rotatable bonds is 21. The number of hydrogen-bond acceptors (Lipinski definition) is 14. The van der Waals surface area contributed by atoms with E-state index in [2.05, 4.69) is 42.5 Å². The lowest BCUT2D eigenvalue weighted by Crippen LogP contribution is -2.64. The smallest absolute Gasteiger partial charge is 0.243 e. The number of benzene rings is 1. The molecule has 2 fully saturated rings. The van der Waals surface area contributed by atoms with Crippen LogP contribution in [0.1, 0.15) is 91.0 Å². The van der Waals surface area contributed by atoms with E-state index < -0.39 is 158 Å². The van der Waals surface area contributed by atoms with Gasteiger partial charge < -0.3 is 74.5 Å². The largest absolute Gasteiger partial charge is 0.508 e. The SMILES string of the molecule is CCC(C)C1NC(=O)[C@H](Cc2ccc(O)cc2)NC(=O)CN(C)C(=O)CC[C@@H](C(=O)NCCC2CC2C(=O)N[C@@H](CC(C)C)C(=O)NCC(N)=O)NC(=O)C(CC(N)=O)NC[C@@](C=O)(CCC(N)=O)NC1=O. The number of amides is 11. The summed E-state index contributed by atoms with van der Waals surface area (Å²) in [4.78, 5) is 159. The highest BCUT2D eigenvalue weighted by atomic mass is 16.3. The highest BCUT2D eigenvalue weighted by Crippen LogP contribution is 2.41. The molecule has 1 aromatic carbocycles. The van der Waals surface area contributed by atoms with Gasteiger partial charge in [0.15, 0.2) is 0 Å². The van der Waals surface area contributed by atoms with Gasteiger partial charge in [0.25, 0.3) is 0 Å². The van der Waals surface area contributed by atoms with E-state index in [1.807, 2.05) is 13.8 Å². The normalized spacial score (nSPS) is 24.5. The highest BCUT2D eigenvalue weighted by Gasteiger charge is 2.44. The van der Waals surface area contributed by atoms with Crippen LogP contribution in [0.25, 0.3) is 0 Å². The number of aromatic hydroxyl groups is 1. The molecule has 5 unspecified atom stereocenters. The zero-order valence-corrected chi connectivity index (χ0v) is 41.5. The Kier molecular flexibility index (Phi) is 23.0. The Morgan fingerprint density at radius 2 is 1.54 bits per heavy atom. The molecule has 1 aromatic rings. The van der Waals surface area contributed by atoms with Crippen molar-refractivity contribution in [1.82, 2.24) is 47.4 Å². The first-order valence-corrected chi connectivity index (χ1v) is 24.0. The van der Waals surface area contributed by atoms with Gasteiger partial charge in [0.1, 0.15) is 41.7 Å². The lowest BCUT2D eigenvalue weighted by molar-refractivity contribution is -0.137. The van der Waals surface area contributed by atoms with Crippen molar-refractivity contribution in [1.29, 1.82) is 0 Å². The summed E-state index contributed by atoms with van der Waals surface area (Å²) in [6, 6.07) is -0.843. The molecule has 72 heavy (non-hydrogen) atoms. The van der Waals surface area contributed by atoms with Crippen LogP contribution in [0.5, 0.6) is 5.75 Å². The molecule has 9 atom stereocenters. The number of hydrogen-bond donors (Lipinski definition) is 12. The molecule has 1 heterocycles. The van der Waals surface area contributed by atoms with Gasteiger partial charge in [-0.2, -0.15) is 0 Å². The van der Waals surface area contributed by atoms with Gasteiger partial charge >= 0.3 is 0 Å². The van der Waals surface area contributed by atoms with Crippen LogP contribution in [-0.2, 0) is 64.0 Å². The molecule has 1 saturated carbocycles. The van der Waals surface area contributed by atoms with E-state index in [0.29, 0.717) is 37.5 Å². The summed E-state index contributed by atoms with van der Waals surface area (Å²) in [5, 5.41) is 30.9. The van der Waals surface area contributed by atoms with E-state index in [4.69, 9.17) is 17.2 Å². The van der Waals surface area contributed by atoms with E-state index in [-0.39, 0.29) is 37.0 Å². The molecule has 0 radical (unpaired) electrons. The molecule has 3 rings (SSSR count). The zero-order valence-electron chi connectivity index (χ0n) is 41.5. The molecule has 1 saturated heterocycles. The Labute approximate surface area is 417 Å². The number of phenols is 1. The van der Waals surface area contributed by atoms with Gasteiger partial charge in [-0.1, -0.05) is 46.2 Å². The lowest BCUT2D eigenvalue weighted by atomic mass is 9.91. The van der Waals surface area contributed by atoms with Gasteiger partial charge in [-0.05, 0) is 67.6 Å². The zero-order chi connectivity index (χ0) is 53.9. The van der Waals surface area contributed by atoms with Gasteiger partial charge in [0, 0.05) is 45.3 Å². The number of aldehydes is 1. The summed E-state index contributed by atoms with van der Waals surface area (Å²) in [5.74, 6) is -9.76. The fourth-order valence-corrected chi connectivity index (χ4v) is 8.01. The summed E-state index contributed by atoms with van der Waals surface area (Å²) in [5.41, 5.74) is 14.6. The average Bonchev–Trinajstić information content (AvgIpc) is 4.10. The van der Waals surface area contributed by atoms with Gasteiger partial charge in [0.05, 0.1) is 25.6 Å². The lowest BCUT2D eigenvalue weighted by Gasteiger charge is -2.34. The minimum Gasteiger partial charge on any atom is -0.508 e. The molecular formula is C47H72N12O13. The molecule has 25 nitrogen and oxygen atoms in total. The van der Waals surface area contributed by atoms with Crippen LogP contribution in [0.15, 0.2) is 24.3 Å². The number of nitrogens with zero attached hydrogens (tertiary/aromatic N) is 1. The second-order valence-electron chi connectivity index (χ2n) is 19.1. The number of likely N-dealkylation sites (N-methyl/N-ethyl adjacent to an activating group) is 1. The van der Waals surface area contributed by atoms with Crippen molar-refractivity contribution >= 4 is 71.3 Å². The number of phenolic OH excluding ortho intramolecular Hbond substituents is 1. The Morgan fingerprint density at radius 3 is 2.14 bits per heavy atom. The second kappa shape index (κ2) is 28.0. The monoisotopic (exact) mass is 1010 g/mol. The number of carbonyl (C=O) groups excluding carboxylic acids is 12. The summed E-state index contributed by atoms with van der Waals surface area (Å²) in [6.07, 6.45) is -0.765. The van der Waals surface area contributed by atoms with Gasteiger partial charge in [-0.25, -0.2) is 0 Å². The molecule has 1 aliphatic heterocycles. The molecule has 11 amide bonds. The maximum absolute atomic E-state index is 14.2. The minimum atomic E-state index is -2.00. The number of primary amides is 3. The number of nitrogens with one attached hydrogen (secondary N) is 8. The van der Waals surface area contributed by atoms with Crippen LogP contribution in [-0.4, -0.2) is 150 Å². The first-order valence-electron chi connectivity index (χ1n) is 24.0. The molecule has 0 bridgehead atoms. The number of carbonyl (C=O) groups is 12. The van der Waals surface area contributed by atoms with Gasteiger partial charge in [-0.15, -0.1) is 0 Å². The standard InChI is InChI=1S/C47H72N12O13/c1-6-26(4)40-46(72)58-47(24-60,15-13-35(48)62)23-53-32(20-36(49)63)44(70)55-31(11-12-39(66)59(5)22-38(65)54-34(45(71)57-40)18-27-7-9-29(61)10-8-27)42(68)51-16-14-28-19-30(28)41(67)56-33(17-25(2)3)43(69)52-21-37(50)64/h7-10,24-26,28,30-34,40,53,61H,6,11-23H2,1-5H3,(H2,48,62)(H2,49,63)(H2,50,64)(H,51,68)(H,52,69)(H,54,65)(H,55,70)(H,56,67)(H,57,71)(H,58,72)/t26?,28?,30?,31-,32?,33-,34-,40?,47+/m0/s1. The molecule has 1 aliphatic carbocycles. The fraction of sp³-hybridized carbons (Fsp3) is 0.617. The summed E-state index contributed by atoms with van der Waals surface area (Å²) >= 11 is 0. The van der Waals surface area contributed by atoms with Crippen LogP contribution < -0.4 is 59.7 Å². The summed E-state index contributed by atoms with van der Waals surface area (Å²) < 4.78 is 0. The third kappa shape index (κ3) is 19.5. The van der Waals surface area contributed by atoms with Crippen molar-refractivity contribution < 1.29 is 62.6 Å². The Hall–Kier alpha value is -7.18. The maximum Gasteiger partial charge on any atom is 0.243 e. The van der Waals surface area contributed by atoms with Crippen molar-refractivity contribution in [3.8, 4) is 5.75 Å². The maximum atomic E-state index is 14.2. The van der Waals surface area contributed by atoms with Crippen molar-refractivity contribution in [2.75, 3.05) is 33.2 Å². The van der Waals surface area contributed by atoms with Gasteiger partial charge in [0.2, 0.25) is 65.0 Å². The summed E-state index contributed by atoms with van der Waals surface area (Å²) in [7, 11) is 1.31. The van der Waals surface area contributed by atoms with Crippen molar-refractivity contribution in [3.05, 3.63) is 29.8 Å². The Morgan fingerprint density at radius 1 is 0.875 bits per heavy atom. The van der Waals surface area contributed by atoms with Crippen LogP contribution in [0.2, 0.25) is 0 Å². The van der Waals surface area contributed by atoms with E-state index in [1.165, 1.54) is 31.3 Å². The molecular weight excluding hydrogens is 941 g/mol. The summed E-state index contributed by atoms with van der Waals surface area (Å²) in [6.45, 7) is 5.53. The third-order valence-electron chi connectivity index (χ3n) is 12.6. The molecule has 0 aromatic heterocycles. The first kappa shape index (κ1) is 59.1. The topological polar surface area (TPSA) is 403 Å². The van der Waals surface area contributed by atoms with E-state index in [9.17, 15) is 62.6 Å². The quantitative estimate of drug-likeness (QED) is 0.0525. The van der Waals surface area contributed by atoms with Crippen molar-refractivity contribution in [3.63, 3.8) is 0 Å². The van der Waals surface area contributed by atoms with E-state index >= 15 is 0 Å². The highest BCUT2D eigenvalue weighted by molar-refractivity contribution is 5.96. The van der Waals surface area contributed by atoms with E-state index in [1.54, 1.807) is 13.8 Å². The predicted octanol–water partition coefficient (Wildman–Crippen LogP) is -3.88.